The Morgan fingerprint density at radius 3 is 2.20 bits per heavy atom. The molecular formula is C23H31BO6. The van der Waals surface area contributed by atoms with E-state index in [-0.39, 0.29) is 19.2 Å². The zero-order chi connectivity index (χ0) is 22.0. The summed E-state index contributed by atoms with van der Waals surface area (Å²) in [5, 5.41) is 0. The van der Waals surface area contributed by atoms with Crippen molar-refractivity contribution in [3.05, 3.63) is 47.4 Å². The van der Waals surface area contributed by atoms with Gasteiger partial charge in [-0.2, -0.15) is 0 Å². The van der Waals surface area contributed by atoms with E-state index in [2.05, 4.69) is 0 Å². The monoisotopic (exact) mass is 414 g/mol. The second-order valence-electron chi connectivity index (χ2n) is 9.01. The van der Waals surface area contributed by atoms with Crippen molar-refractivity contribution in [2.24, 2.45) is 5.41 Å². The van der Waals surface area contributed by atoms with Crippen LogP contribution in [0, 0.1) is 5.41 Å². The summed E-state index contributed by atoms with van der Waals surface area (Å²) in [6, 6.07) is 8.77. The summed E-state index contributed by atoms with van der Waals surface area (Å²) in [7, 11) is -0.429. The highest BCUT2D eigenvalue weighted by Gasteiger charge is 2.53. The largest absolute Gasteiger partial charge is 0.490 e. The van der Waals surface area contributed by atoms with E-state index < -0.39 is 29.7 Å². The number of benzene rings is 1. The van der Waals surface area contributed by atoms with Gasteiger partial charge in [0.05, 0.1) is 23.4 Å². The van der Waals surface area contributed by atoms with E-state index in [1.54, 1.807) is 31.2 Å². The molecule has 0 saturated carbocycles. The molecule has 1 aromatic carbocycles. The van der Waals surface area contributed by atoms with E-state index in [1.807, 2.05) is 39.8 Å². The maximum absolute atomic E-state index is 12.8. The third kappa shape index (κ3) is 4.47. The number of hydrogen-bond acceptors (Lipinski definition) is 6. The van der Waals surface area contributed by atoms with Crippen LogP contribution in [0.3, 0.4) is 0 Å². The molecule has 1 heterocycles. The fourth-order valence-corrected chi connectivity index (χ4v) is 3.64. The summed E-state index contributed by atoms with van der Waals surface area (Å²) in [6.45, 7) is 10.1. The zero-order valence-electron chi connectivity index (χ0n) is 18.5. The quantitative estimate of drug-likeness (QED) is 0.515. The van der Waals surface area contributed by atoms with E-state index in [0.29, 0.717) is 24.8 Å². The highest BCUT2D eigenvalue weighted by Crippen LogP contribution is 2.43. The minimum absolute atomic E-state index is 0.0211. The lowest BCUT2D eigenvalue weighted by Gasteiger charge is -2.34. The third-order valence-electron chi connectivity index (χ3n) is 6.40. The lowest BCUT2D eigenvalue weighted by atomic mass is 9.66. The van der Waals surface area contributed by atoms with Crippen molar-refractivity contribution >= 4 is 19.1 Å². The van der Waals surface area contributed by atoms with Crippen molar-refractivity contribution in [3.63, 3.8) is 0 Å². The molecule has 7 heteroatoms. The molecule has 162 valence electrons. The standard InChI is InChI=1S/C23H31BO6/c1-6-27-20(26)23(16-28-19(25)17-10-8-7-9-11-17)14-12-18(13-15-23)24-29-21(2,3)22(4,5)30-24/h7-12H,6,13-16H2,1-5H3/t23-/m0/s1. The van der Waals surface area contributed by atoms with E-state index in [1.165, 1.54) is 0 Å². The Morgan fingerprint density at radius 2 is 1.67 bits per heavy atom. The number of carbonyl (C=O) groups is 2. The number of esters is 2. The first-order chi connectivity index (χ1) is 14.1. The average Bonchev–Trinajstić information content (AvgIpc) is 2.94. The number of ether oxygens (including phenoxy) is 2. The predicted octanol–water partition coefficient (Wildman–Crippen LogP) is 4.13. The average molecular weight is 414 g/mol. The van der Waals surface area contributed by atoms with Gasteiger partial charge in [-0.05, 0) is 71.5 Å². The van der Waals surface area contributed by atoms with Crippen LogP contribution in [0.1, 0.15) is 64.2 Å². The summed E-state index contributed by atoms with van der Waals surface area (Å²) in [5.41, 5.74) is -0.254. The maximum Gasteiger partial charge on any atom is 0.490 e. The van der Waals surface area contributed by atoms with E-state index in [4.69, 9.17) is 18.8 Å². The molecule has 1 saturated heterocycles. The van der Waals surface area contributed by atoms with Crippen LogP contribution in [0.4, 0.5) is 0 Å². The predicted molar refractivity (Wildman–Crippen MR) is 114 cm³/mol. The van der Waals surface area contributed by atoms with Crippen molar-refractivity contribution in [2.75, 3.05) is 13.2 Å². The Bertz CT molecular complexity index is 800. The second kappa shape index (κ2) is 8.56. The SMILES string of the molecule is CCOC(=O)[C@@]1(COC(=O)c2ccccc2)CC=C(B2OC(C)(C)C(C)(C)O2)CC1. The lowest BCUT2D eigenvalue weighted by Crippen LogP contribution is -2.41. The molecule has 30 heavy (non-hydrogen) atoms. The van der Waals surface area contributed by atoms with E-state index in [9.17, 15) is 9.59 Å². The molecule has 2 aliphatic rings. The minimum Gasteiger partial charge on any atom is -0.465 e. The second-order valence-corrected chi connectivity index (χ2v) is 9.01. The molecule has 0 unspecified atom stereocenters. The molecule has 6 nitrogen and oxygen atoms in total. The van der Waals surface area contributed by atoms with Gasteiger partial charge in [-0.15, -0.1) is 0 Å². The first-order valence-corrected chi connectivity index (χ1v) is 10.5. The molecule has 1 aliphatic heterocycles. The van der Waals surface area contributed by atoms with Crippen LogP contribution in [0.25, 0.3) is 0 Å². The van der Waals surface area contributed by atoms with Gasteiger partial charge in [0.15, 0.2) is 0 Å². The van der Waals surface area contributed by atoms with Crippen molar-refractivity contribution in [1.29, 1.82) is 0 Å². The molecule has 0 bridgehead atoms. The molecule has 0 aromatic heterocycles. The minimum atomic E-state index is -0.895. The van der Waals surface area contributed by atoms with Gasteiger partial charge in [0.2, 0.25) is 0 Å². The molecule has 0 N–H and O–H groups in total. The molecule has 1 aliphatic carbocycles. The number of hydrogen-bond donors (Lipinski definition) is 0. The Kier molecular flexibility index (Phi) is 6.44. The molecule has 0 radical (unpaired) electrons. The van der Waals surface area contributed by atoms with Crippen LogP contribution < -0.4 is 0 Å². The van der Waals surface area contributed by atoms with Gasteiger partial charge in [-0.1, -0.05) is 24.3 Å². The van der Waals surface area contributed by atoms with Crippen LogP contribution >= 0.6 is 0 Å². The van der Waals surface area contributed by atoms with Crippen molar-refractivity contribution in [1.82, 2.24) is 0 Å². The molecule has 1 atom stereocenters. The van der Waals surface area contributed by atoms with E-state index >= 15 is 0 Å². The Labute approximate surface area is 179 Å². The number of rotatable bonds is 6. The van der Waals surface area contributed by atoms with Crippen molar-refractivity contribution in [2.45, 2.75) is 65.1 Å². The molecule has 1 aromatic rings. The van der Waals surface area contributed by atoms with E-state index in [0.717, 1.165) is 5.47 Å². The fourth-order valence-electron chi connectivity index (χ4n) is 3.64. The van der Waals surface area contributed by atoms with Crippen molar-refractivity contribution < 1.29 is 28.4 Å². The van der Waals surface area contributed by atoms with Gasteiger partial charge < -0.3 is 18.8 Å². The number of allylic oxidation sites excluding steroid dienone is 2. The third-order valence-corrected chi connectivity index (χ3v) is 6.40. The van der Waals surface area contributed by atoms with Gasteiger partial charge >= 0.3 is 19.1 Å². The Balaban J connectivity index is 1.73. The summed E-state index contributed by atoms with van der Waals surface area (Å²) in [6.07, 6.45) is 3.51. The van der Waals surface area contributed by atoms with Gasteiger partial charge in [0.1, 0.15) is 12.0 Å². The van der Waals surface area contributed by atoms with Crippen LogP contribution in [0.15, 0.2) is 41.9 Å². The molecule has 0 amide bonds. The van der Waals surface area contributed by atoms with Crippen LogP contribution in [0.2, 0.25) is 0 Å². The normalized spacial score (nSPS) is 24.8. The fraction of sp³-hybridized carbons (Fsp3) is 0.565. The highest BCUT2D eigenvalue weighted by atomic mass is 16.7. The van der Waals surface area contributed by atoms with Crippen molar-refractivity contribution in [3.8, 4) is 0 Å². The Hall–Kier alpha value is -2.12. The summed E-state index contributed by atoms with van der Waals surface area (Å²) < 4.78 is 23.1. The topological polar surface area (TPSA) is 71.1 Å². The molecular weight excluding hydrogens is 383 g/mol. The first kappa shape index (κ1) is 22.6. The lowest BCUT2D eigenvalue weighted by molar-refractivity contribution is -0.158. The zero-order valence-corrected chi connectivity index (χ0v) is 18.5. The van der Waals surface area contributed by atoms with Gasteiger partial charge in [0.25, 0.3) is 0 Å². The maximum atomic E-state index is 12.8. The highest BCUT2D eigenvalue weighted by molar-refractivity contribution is 6.54. The van der Waals surface area contributed by atoms with Crippen LogP contribution in [-0.2, 0) is 23.6 Å². The smallest absolute Gasteiger partial charge is 0.465 e. The summed E-state index contributed by atoms with van der Waals surface area (Å²) in [4.78, 5) is 25.2. The summed E-state index contributed by atoms with van der Waals surface area (Å²) >= 11 is 0. The first-order valence-electron chi connectivity index (χ1n) is 10.5. The van der Waals surface area contributed by atoms with Gasteiger partial charge in [-0.25, -0.2) is 4.79 Å². The summed E-state index contributed by atoms with van der Waals surface area (Å²) in [5.74, 6) is -0.782. The van der Waals surface area contributed by atoms with Crippen LogP contribution in [-0.4, -0.2) is 43.5 Å². The Morgan fingerprint density at radius 1 is 1.03 bits per heavy atom. The van der Waals surface area contributed by atoms with Gasteiger partial charge in [0, 0.05) is 0 Å². The molecule has 0 spiro atoms. The van der Waals surface area contributed by atoms with Gasteiger partial charge in [-0.3, -0.25) is 4.79 Å². The molecule has 1 fully saturated rings. The molecule has 3 rings (SSSR count). The van der Waals surface area contributed by atoms with Crippen LogP contribution in [0.5, 0.6) is 0 Å². The number of carbonyl (C=O) groups excluding carboxylic acids is 2.